The minimum Gasteiger partial charge on any atom is -0.344 e. The molecule has 1 unspecified atom stereocenters. The molecule has 4 nitrogen and oxygen atoms in total. The van der Waals surface area contributed by atoms with Crippen molar-refractivity contribution in [2.45, 2.75) is 53.0 Å². The maximum atomic E-state index is 11.9. The fraction of sp³-hybridized carbons (Fsp3) is 0.769. The van der Waals surface area contributed by atoms with Crippen LogP contribution in [0, 0.1) is 22.2 Å². The molecule has 1 aliphatic rings. The number of amides is 1. The maximum Gasteiger partial charge on any atom is 0.241 e. The van der Waals surface area contributed by atoms with Gasteiger partial charge in [0.2, 0.25) is 5.91 Å². The number of carbonyl (C=O) groups is 2. The van der Waals surface area contributed by atoms with Gasteiger partial charge in [-0.25, -0.2) is 0 Å². The second kappa shape index (κ2) is 4.48. The Bertz CT molecular complexity index is 370. The smallest absolute Gasteiger partial charge is 0.241 e. The normalized spacial score (nSPS) is 19.0. The Morgan fingerprint density at radius 2 is 1.94 bits per heavy atom. The predicted octanol–water partition coefficient (Wildman–Crippen LogP) is 1.80. The number of rotatable bonds is 4. The van der Waals surface area contributed by atoms with Gasteiger partial charge in [-0.2, -0.15) is 5.26 Å². The van der Waals surface area contributed by atoms with Gasteiger partial charge in [-0.05, 0) is 18.3 Å². The van der Waals surface area contributed by atoms with E-state index >= 15 is 0 Å². The summed E-state index contributed by atoms with van der Waals surface area (Å²) >= 11 is 0. The van der Waals surface area contributed by atoms with Gasteiger partial charge in [-0.3, -0.25) is 9.59 Å². The minimum atomic E-state index is -0.864. The Kier molecular flexibility index (Phi) is 3.61. The summed E-state index contributed by atoms with van der Waals surface area (Å²) in [7, 11) is 0. The van der Waals surface area contributed by atoms with Crippen LogP contribution in [-0.4, -0.2) is 17.7 Å². The lowest BCUT2D eigenvalue weighted by Gasteiger charge is -2.30. The largest absolute Gasteiger partial charge is 0.344 e. The Labute approximate surface area is 102 Å². The van der Waals surface area contributed by atoms with Crippen molar-refractivity contribution >= 4 is 11.7 Å². The monoisotopic (exact) mass is 236 g/mol. The Balaban J connectivity index is 2.79. The molecule has 17 heavy (non-hydrogen) atoms. The molecule has 0 spiro atoms. The van der Waals surface area contributed by atoms with Crippen LogP contribution in [-0.2, 0) is 9.59 Å². The number of nitrogens with one attached hydrogen (secondary N) is 1. The summed E-state index contributed by atoms with van der Waals surface area (Å²) in [5.41, 5.74) is -1.19. The van der Waals surface area contributed by atoms with E-state index in [1.807, 2.05) is 26.8 Å². The van der Waals surface area contributed by atoms with Crippen molar-refractivity contribution in [1.29, 1.82) is 5.26 Å². The van der Waals surface area contributed by atoms with E-state index in [4.69, 9.17) is 5.26 Å². The van der Waals surface area contributed by atoms with Crippen molar-refractivity contribution in [3.05, 3.63) is 0 Å². The van der Waals surface area contributed by atoms with Crippen LogP contribution in [0.2, 0.25) is 0 Å². The van der Waals surface area contributed by atoms with E-state index in [1.54, 1.807) is 6.92 Å². The number of hydrogen-bond acceptors (Lipinski definition) is 3. The number of nitriles is 1. The Morgan fingerprint density at radius 3 is 2.24 bits per heavy atom. The first-order valence-electron chi connectivity index (χ1n) is 6.02. The summed E-state index contributed by atoms with van der Waals surface area (Å²) in [4.78, 5) is 23.8. The highest BCUT2D eigenvalue weighted by molar-refractivity contribution is 5.94. The lowest BCUT2D eigenvalue weighted by molar-refractivity contribution is -0.132. The van der Waals surface area contributed by atoms with Crippen LogP contribution in [0.15, 0.2) is 0 Å². The first kappa shape index (κ1) is 13.7. The molecule has 1 saturated carbocycles. The van der Waals surface area contributed by atoms with Gasteiger partial charge in [-0.1, -0.05) is 27.7 Å². The highest BCUT2D eigenvalue weighted by atomic mass is 16.2. The molecule has 0 heterocycles. The third-order valence-corrected chi connectivity index (χ3v) is 3.21. The van der Waals surface area contributed by atoms with E-state index in [0.717, 1.165) is 0 Å². The number of hydrogen-bond donors (Lipinski definition) is 1. The Hall–Kier alpha value is -1.37. The van der Waals surface area contributed by atoms with Gasteiger partial charge in [-0.15, -0.1) is 0 Å². The van der Waals surface area contributed by atoms with Crippen LogP contribution in [0.1, 0.15) is 47.0 Å². The molecule has 0 bridgehead atoms. The molecule has 0 aromatic rings. The van der Waals surface area contributed by atoms with Crippen molar-refractivity contribution in [2.75, 3.05) is 0 Å². The molecular formula is C13H20N2O2. The first-order chi connectivity index (χ1) is 7.77. The molecule has 0 radical (unpaired) electrons. The van der Waals surface area contributed by atoms with Gasteiger partial charge in [0.25, 0.3) is 0 Å². The number of nitrogens with zero attached hydrogens (tertiary/aromatic N) is 1. The van der Waals surface area contributed by atoms with Gasteiger partial charge in [0.15, 0.2) is 5.78 Å². The lowest BCUT2D eigenvalue weighted by Crippen LogP contribution is -2.51. The molecule has 94 valence electrons. The summed E-state index contributed by atoms with van der Waals surface area (Å²) in [6.07, 6.45) is 1.60. The van der Waals surface area contributed by atoms with Crippen molar-refractivity contribution in [1.82, 2.24) is 5.32 Å². The van der Waals surface area contributed by atoms with E-state index in [2.05, 4.69) is 5.32 Å². The van der Waals surface area contributed by atoms with Crippen molar-refractivity contribution < 1.29 is 9.59 Å². The zero-order chi connectivity index (χ0) is 13.3. The number of Topliss-reactive ketones (excluding diaryl/α,β-unsaturated/α-hetero) is 1. The zero-order valence-electron chi connectivity index (χ0n) is 11.0. The SMILES string of the molecule is CCC(=O)C(NC(=O)C1(C#N)CC1)C(C)(C)C. The zero-order valence-corrected chi connectivity index (χ0v) is 11.0. The van der Waals surface area contributed by atoms with Crippen molar-refractivity contribution in [3.63, 3.8) is 0 Å². The molecule has 1 N–H and O–H groups in total. The summed E-state index contributed by atoms with van der Waals surface area (Å²) in [5, 5.41) is 11.7. The molecule has 0 aromatic carbocycles. The molecule has 1 rings (SSSR count). The predicted molar refractivity (Wildman–Crippen MR) is 64.0 cm³/mol. The standard InChI is InChI=1S/C13H20N2O2/c1-5-9(16)10(12(2,3)4)15-11(17)13(8-14)6-7-13/h10H,5-7H2,1-4H3,(H,15,17). The summed E-state index contributed by atoms with van der Waals surface area (Å²) in [5.74, 6) is -0.277. The fourth-order valence-corrected chi connectivity index (χ4v) is 1.77. The van der Waals surface area contributed by atoms with Gasteiger partial charge in [0.1, 0.15) is 5.41 Å². The maximum absolute atomic E-state index is 11.9. The van der Waals surface area contributed by atoms with E-state index < -0.39 is 11.5 Å². The van der Waals surface area contributed by atoms with E-state index in [9.17, 15) is 9.59 Å². The lowest BCUT2D eigenvalue weighted by atomic mass is 9.83. The van der Waals surface area contributed by atoms with E-state index in [1.165, 1.54) is 0 Å². The average Bonchev–Trinajstić information content (AvgIpc) is 3.03. The molecular weight excluding hydrogens is 216 g/mol. The highest BCUT2D eigenvalue weighted by Crippen LogP contribution is 2.45. The van der Waals surface area contributed by atoms with E-state index in [0.29, 0.717) is 19.3 Å². The molecule has 1 aliphatic carbocycles. The van der Waals surface area contributed by atoms with Crippen LogP contribution >= 0.6 is 0 Å². The van der Waals surface area contributed by atoms with Gasteiger partial charge >= 0.3 is 0 Å². The molecule has 0 aromatic heterocycles. The van der Waals surface area contributed by atoms with Crippen LogP contribution in [0.25, 0.3) is 0 Å². The van der Waals surface area contributed by atoms with Crippen molar-refractivity contribution in [3.8, 4) is 6.07 Å². The minimum absolute atomic E-state index is 0.0135. The topological polar surface area (TPSA) is 70.0 Å². The molecule has 1 amide bonds. The summed E-state index contributed by atoms with van der Waals surface area (Å²) in [6.45, 7) is 7.52. The Morgan fingerprint density at radius 1 is 1.41 bits per heavy atom. The van der Waals surface area contributed by atoms with E-state index in [-0.39, 0.29) is 17.1 Å². The molecule has 4 heteroatoms. The molecule has 0 saturated heterocycles. The first-order valence-corrected chi connectivity index (χ1v) is 6.02. The van der Waals surface area contributed by atoms with Crippen LogP contribution in [0.5, 0.6) is 0 Å². The van der Waals surface area contributed by atoms with Gasteiger partial charge < -0.3 is 5.32 Å². The summed E-state index contributed by atoms with van der Waals surface area (Å²) < 4.78 is 0. The second-order valence-electron chi connectivity index (χ2n) is 5.79. The van der Waals surface area contributed by atoms with Crippen molar-refractivity contribution in [2.24, 2.45) is 10.8 Å². The molecule has 0 aliphatic heterocycles. The fourth-order valence-electron chi connectivity index (χ4n) is 1.77. The summed E-state index contributed by atoms with van der Waals surface area (Å²) in [6, 6.07) is 1.53. The van der Waals surface area contributed by atoms with Crippen LogP contribution < -0.4 is 5.32 Å². The molecule has 1 atom stereocenters. The average molecular weight is 236 g/mol. The second-order valence-corrected chi connectivity index (χ2v) is 5.79. The number of ketones is 1. The quantitative estimate of drug-likeness (QED) is 0.809. The van der Waals surface area contributed by atoms with Crippen LogP contribution in [0.3, 0.4) is 0 Å². The highest BCUT2D eigenvalue weighted by Gasteiger charge is 2.52. The number of carbonyl (C=O) groups excluding carboxylic acids is 2. The third kappa shape index (κ3) is 2.85. The third-order valence-electron chi connectivity index (χ3n) is 3.21. The van der Waals surface area contributed by atoms with Crippen LogP contribution in [0.4, 0.5) is 0 Å². The van der Waals surface area contributed by atoms with Gasteiger partial charge in [0, 0.05) is 6.42 Å². The van der Waals surface area contributed by atoms with Gasteiger partial charge in [0.05, 0.1) is 12.1 Å². The molecule has 1 fully saturated rings.